The minimum atomic E-state index is -0.576. The third kappa shape index (κ3) is 4.09. The first-order valence-corrected chi connectivity index (χ1v) is 6.60. The highest BCUT2D eigenvalue weighted by molar-refractivity contribution is 5.90. The second kappa shape index (κ2) is 6.01. The zero-order valence-corrected chi connectivity index (χ0v) is 12.0. The molecule has 1 heterocycles. The molecule has 1 aromatic carbocycles. The molecule has 1 amide bonds. The number of hydrogen-bond donors (Lipinski definition) is 2. The highest BCUT2D eigenvalue weighted by Gasteiger charge is 2.18. The summed E-state index contributed by atoms with van der Waals surface area (Å²) in [4.78, 5) is 11.8. The first kappa shape index (κ1) is 15.1. The van der Waals surface area contributed by atoms with Gasteiger partial charge in [-0.3, -0.25) is 9.48 Å². The standard InChI is InChI=1S/C14H18FN5O/c1-14(2,16)12-9-20(19-18-12)8-7-13(21)17-11-6-4-3-5-10(11)15/h3-6,9H,7-8,16H2,1-2H3,(H,17,21). The molecule has 0 radical (unpaired) electrons. The highest BCUT2D eigenvalue weighted by Crippen LogP contribution is 2.14. The molecule has 2 aromatic rings. The van der Waals surface area contributed by atoms with E-state index in [-0.39, 0.29) is 18.0 Å². The van der Waals surface area contributed by atoms with E-state index in [9.17, 15) is 9.18 Å². The fraction of sp³-hybridized carbons (Fsp3) is 0.357. The van der Waals surface area contributed by atoms with Gasteiger partial charge in [0.1, 0.15) is 11.5 Å². The van der Waals surface area contributed by atoms with Crippen LogP contribution in [0.4, 0.5) is 10.1 Å². The van der Waals surface area contributed by atoms with Crippen molar-refractivity contribution in [3.05, 3.63) is 42.0 Å². The molecule has 0 saturated carbocycles. The zero-order valence-electron chi connectivity index (χ0n) is 12.0. The van der Waals surface area contributed by atoms with Crippen molar-refractivity contribution in [2.75, 3.05) is 5.32 Å². The highest BCUT2D eigenvalue weighted by atomic mass is 19.1. The van der Waals surface area contributed by atoms with Gasteiger partial charge >= 0.3 is 0 Å². The summed E-state index contributed by atoms with van der Waals surface area (Å²) >= 11 is 0. The van der Waals surface area contributed by atoms with Crippen molar-refractivity contribution < 1.29 is 9.18 Å². The van der Waals surface area contributed by atoms with E-state index in [4.69, 9.17) is 5.73 Å². The van der Waals surface area contributed by atoms with Crippen molar-refractivity contribution in [1.82, 2.24) is 15.0 Å². The Kier molecular flexibility index (Phi) is 4.32. The van der Waals surface area contributed by atoms with Gasteiger partial charge < -0.3 is 11.1 Å². The van der Waals surface area contributed by atoms with Crippen molar-refractivity contribution in [3.8, 4) is 0 Å². The Hall–Kier alpha value is -2.28. The van der Waals surface area contributed by atoms with Crippen LogP contribution in [0.3, 0.4) is 0 Å². The molecule has 1 aromatic heterocycles. The molecule has 7 heteroatoms. The van der Waals surface area contributed by atoms with Crippen molar-refractivity contribution in [2.24, 2.45) is 5.73 Å². The Bertz CT molecular complexity index is 632. The van der Waals surface area contributed by atoms with E-state index in [1.54, 1.807) is 23.0 Å². The lowest BCUT2D eigenvalue weighted by atomic mass is 10.0. The van der Waals surface area contributed by atoms with Crippen molar-refractivity contribution >= 4 is 11.6 Å². The maximum Gasteiger partial charge on any atom is 0.226 e. The van der Waals surface area contributed by atoms with Gasteiger partial charge in [-0.15, -0.1) is 5.10 Å². The van der Waals surface area contributed by atoms with Gasteiger partial charge in [0.25, 0.3) is 0 Å². The van der Waals surface area contributed by atoms with Crippen molar-refractivity contribution in [1.29, 1.82) is 0 Å². The molecule has 0 spiro atoms. The van der Waals surface area contributed by atoms with Crippen LogP contribution in [0.25, 0.3) is 0 Å². The topological polar surface area (TPSA) is 85.8 Å². The third-order valence-electron chi connectivity index (χ3n) is 2.91. The summed E-state index contributed by atoms with van der Waals surface area (Å²) in [7, 11) is 0. The van der Waals surface area contributed by atoms with E-state index < -0.39 is 11.4 Å². The summed E-state index contributed by atoms with van der Waals surface area (Å²) in [6, 6.07) is 6.03. The number of nitrogens with zero attached hydrogens (tertiary/aromatic N) is 3. The summed E-state index contributed by atoms with van der Waals surface area (Å²) in [5.41, 5.74) is 6.15. The number of benzene rings is 1. The number of aryl methyl sites for hydroxylation is 1. The van der Waals surface area contributed by atoms with E-state index >= 15 is 0 Å². The van der Waals surface area contributed by atoms with Crippen LogP contribution >= 0.6 is 0 Å². The maximum atomic E-state index is 13.4. The Morgan fingerprint density at radius 1 is 1.43 bits per heavy atom. The molecule has 0 unspecified atom stereocenters. The normalized spacial score (nSPS) is 11.4. The number of anilines is 1. The predicted octanol–water partition coefficient (Wildman–Crippen LogP) is 1.64. The van der Waals surface area contributed by atoms with Crippen molar-refractivity contribution in [3.63, 3.8) is 0 Å². The van der Waals surface area contributed by atoms with Gasteiger partial charge in [-0.1, -0.05) is 17.3 Å². The van der Waals surface area contributed by atoms with Gasteiger partial charge in [0.05, 0.1) is 24.0 Å². The lowest BCUT2D eigenvalue weighted by Crippen LogP contribution is -2.29. The first-order valence-electron chi connectivity index (χ1n) is 6.60. The number of hydrogen-bond acceptors (Lipinski definition) is 4. The monoisotopic (exact) mass is 291 g/mol. The fourth-order valence-electron chi connectivity index (χ4n) is 1.69. The summed E-state index contributed by atoms with van der Waals surface area (Å²) in [6.07, 6.45) is 1.87. The van der Waals surface area contributed by atoms with Gasteiger partial charge in [0, 0.05) is 6.42 Å². The average molecular weight is 291 g/mol. The largest absolute Gasteiger partial charge is 0.324 e. The van der Waals surface area contributed by atoms with E-state index in [2.05, 4.69) is 15.6 Å². The summed E-state index contributed by atoms with van der Waals surface area (Å²) in [5.74, 6) is -0.747. The minimum absolute atomic E-state index is 0.169. The van der Waals surface area contributed by atoms with Crippen LogP contribution < -0.4 is 11.1 Å². The number of halogens is 1. The number of nitrogens with one attached hydrogen (secondary N) is 1. The van der Waals surface area contributed by atoms with Crippen LogP contribution in [0.2, 0.25) is 0 Å². The lowest BCUT2D eigenvalue weighted by Gasteiger charge is -2.13. The summed E-state index contributed by atoms with van der Waals surface area (Å²) in [6.45, 7) is 4.00. The Morgan fingerprint density at radius 2 is 2.14 bits per heavy atom. The number of para-hydroxylation sites is 1. The van der Waals surface area contributed by atoms with Crippen LogP contribution in [0.1, 0.15) is 26.0 Å². The second-order valence-electron chi connectivity index (χ2n) is 5.37. The Labute approximate surface area is 122 Å². The van der Waals surface area contributed by atoms with Crippen molar-refractivity contribution in [2.45, 2.75) is 32.4 Å². The van der Waals surface area contributed by atoms with Gasteiger partial charge in [-0.2, -0.15) is 0 Å². The molecule has 112 valence electrons. The summed E-state index contributed by atoms with van der Waals surface area (Å²) < 4.78 is 14.9. The predicted molar refractivity (Wildman–Crippen MR) is 76.9 cm³/mol. The molecule has 3 N–H and O–H groups in total. The molecule has 21 heavy (non-hydrogen) atoms. The van der Waals surface area contributed by atoms with Crippen LogP contribution in [0.5, 0.6) is 0 Å². The quantitative estimate of drug-likeness (QED) is 0.877. The summed E-state index contributed by atoms with van der Waals surface area (Å²) in [5, 5.41) is 10.4. The SMILES string of the molecule is CC(C)(N)c1cn(CCC(=O)Nc2ccccc2F)nn1. The van der Waals surface area contributed by atoms with Gasteiger partial charge in [0.2, 0.25) is 5.91 Å². The van der Waals surface area contributed by atoms with E-state index in [0.717, 1.165) is 0 Å². The second-order valence-corrected chi connectivity index (χ2v) is 5.37. The number of carbonyl (C=O) groups is 1. The van der Waals surface area contributed by atoms with Gasteiger partial charge in [-0.05, 0) is 26.0 Å². The molecule has 0 atom stereocenters. The first-order chi connectivity index (χ1) is 9.86. The smallest absolute Gasteiger partial charge is 0.226 e. The molecule has 2 rings (SSSR count). The third-order valence-corrected chi connectivity index (χ3v) is 2.91. The Morgan fingerprint density at radius 3 is 2.76 bits per heavy atom. The minimum Gasteiger partial charge on any atom is -0.324 e. The molecule has 0 aliphatic carbocycles. The Balaban J connectivity index is 1.90. The number of rotatable bonds is 5. The molecular formula is C14H18FN5O. The van der Waals surface area contributed by atoms with Crippen LogP contribution in [-0.2, 0) is 16.9 Å². The van der Waals surface area contributed by atoms with Crippen LogP contribution in [0.15, 0.2) is 30.5 Å². The number of nitrogens with two attached hydrogens (primary N) is 1. The van der Waals surface area contributed by atoms with E-state index in [1.165, 1.54) is 12.1 Å². The molecule has 0 saturated heterocycles. The number of aromatic nitrogens is 3. The molecule has 0 aliphatic rings. The maximum absolute atomic E-state index is 13.4. The lowest BCUT2D eigenvalue weighted by molar-refractivity contribution is -0.116. The fourth-order valence-corrected chi connectivity index (χ4v) is 1.69. The molecular weight excluding hydrogens is 273 g/mol. The average Bonchev–Trinajstić information content (AvgIpc) is 2.88. The van der Waals surface area contributed by atoms with Gasteiger partial charge in [-0.25, -0.2) is 4.39 Å². The van der Waals surface area contributed by atoms with Gasteiger partial charge in [0.15, 0.2) is 0 Å². The van der Waals surface area contributed by atoms with E-state index in [0.29, 0.717) is 12.2 Å². The number of amides is 1. The van der Waals surface area contributed by atoms with Crippen LogP contribution in [-0.4, -0.2) is 20.9 Å². The zero-order chi connectivity index (χ0) is 15.5. The van der Waals surface area contributed by atoms with E-state index in [1.807, 2.05) is 13.8 Å². The molecule has 6 nitrogen and oxygen atoms in total. The molecule has 0 bridgehead atoms. The number of carbonyl (C=O) groups excluding carboxylic acids is 1. The molecule has 0 aliphatic heterocycles. The van der Waals surface area contributed by atoms with Crippen LogP contribution in [0, 0.1) is 5.82 Å². The molecule has 0 fully saturated rings.